The van der Waals surface area contributed by atoms with Crippen molar-refractivity contribution in [3.8, 4) is 0 Å². The molecule has 0 aliphatic carbocycles. The molecule has 0 saturated carbocycles. The fourth-order valence-corrected chi connectivity index (χ4v) is 2.57. The molecular weight excluding hydrogens is 334 g/mol. The molecule has 0 amide bonds. The van der Waals surface area contributed by atoms with Crippen LogP contribution in [0.1, 0.15) is 0 Å². The van der Waals surface area contributed by atoms with Crippen LogP contribution >= 0.6 is 0 Å². The van der Waals surface area contributed by atoms with Crippen molar-refractivity contribution in [2.75, 3.05) is 13.2 Å². The van der Waals surface area contributed by atoms with Crippen molar-refractivity contribution in [1.29, 1.82) is 0 Å². The molecule has 24 heavy (non-hydrogen) atoms. The van der Waals surface area contributed by atoms with Gasteiger partial charge in [-0.05, 0) is 0 Å². The molecule has 0 aromatic rings. The normalized spacial score (nSPS) is 49.5. The summed E-state index contributed by atoms with van der Waals surface area (Å²) in [5.41, 5.74) is 0. The van der Waals surface area contributed by atoms with Crippen LogP contribution in [0.15, 0.2) is 0 Å². The lowest BCUT2D eigenvalue weighted by molar-refractivity contribution is -0.355. The van der Waals surface area contributed by atoms with Gasteiger partial charge in [0.2, 0.25) is 0 Å². The van der Waals surface area contributed by atoms with Crippen LogP contribution < -0.4 is 6.15 Å². The van der Waals surface area contributed by atoms with Gasteiger partial charge in [-0.2, -0.15) is 0 Å². The summed E-state index contributed by atoms with van der Waals surface area (Å²) >= 11 is 0. The predicted molar refractivity (Wildman–Crippen MR) is 73.6 cm³/mol. The van der Waals surface area contributed by atoms with Crippen molar-refractivity contribution in [3.63, 3.8) is 0 Å². The summed E-state index contributed by atoms with van der Waals surface area (Å²) in [6, 6.07) is 0. The number of rotatable bonds is 4. The van der Waals surface area contributed by atoms with Crippen molar-refractivity contribution in [1.82, 2.24) is 6.15 Å². The first-order valence-corrected chi connectivity index (χ1v) is 7.08. The van der Waals surface area contributed by atoms with Gasteiger partial charge in [0.1, 0.15) is 48.8 Å². The zero-order chi connectivity index (χ0) is 17.3. The minimum Gasteiger partial charge on any atom is -0.394 e. The summed E-state index contributed by atoms with van der Waals surface area (Å²) in [6.07, 6.45) is -15.6. The Kier molecular flexibility index (Phi) is 7.86. The number of hydrogen-bond donors (Lipinski definition) is 9. The molecule has 10 atom stereocenters. The monoisotopic (exact) mass is 359 g/mol. The van der Waals surface area contributed by atoms with E-state index in [0.29, 0.717) is 0 Å². The van der Waals surface area contributed by atoms with Crippen LogP contribution in [0.4, 0.5) is 0 Å². The lowest BCUT2D eigenvalue weighted by atomic mass is 9.97. The van der Waals surface area contributed by atoms with Gasteiger partial charge in [0.15, 0.2) is 12.6 Å². The summed E-state index contributed by atoms with van der Waals surface area (Å²) in [5, 5.41) is 76.5. The summed E-state index contributed by atoms with van der Waals surface area (Å²) in [7, 11) is 0. The van der Waals surface area contributed by atoms with Gasteiger partial charge in [-0.15, -0.1) is 0 Å². The Hall–Kier alpha value is -0.480. The predicted octanol–water partition coefficient (Wildman–Crippen LogP) is -5.24. The Labute approximate surface area is 137 Å². The van der Waals surface area contributed by atoms with Crippen LogP contribution in [0, 0.1) is 0 Å². The second-order valence-corrected chi connectivity index (χ2v) is 5.53. The van der Waals surface area contributed by atoms with Crippen LogP contribution in [-0.2, 0) is 14.2 Å². The summed E-state index contributed by atoms with van der Waals surface area (Å²) in [4.78, 5) is 0. The molecule has 2 fully saturated rings. The molecule has 10 unspecified atom stereocenters. The van der Waals surface area contributed by atoms with E-state index in [0.717, 1.165) is 0 Å². The zero-order valence-corrected chi connectivity index (χ0v) is 12.7. The Morgan fingerprint density at radius 1 is 0.667 bits per heavy atom. The van der Waals surface area contributed by atoms with Crippen LogP contribution in [0.3, 0.4) is 0 Å². The first-order valence-electron chi connectivity index (χ1n) is 7.08. The molecule has 0 spiro atoms. The zero-order valence-electron chi connectivity index (χ0n) is 12.7. The Bertz CT molecular complexity index is 384. The second-order valence-electron chi connectivity index (χ2n) is 5.53. The lowest BCUT2D eigenvalue weighted by Crippen LogP contribution is -2.64. The SMILES string of the molecule is N.OCC1OC(OC2C(CO)OC(O)C(O)C2O)C(O)C(O)C1O. The van der Waals surface area contributed by atoms with Gasteiger partial charge in [-0.25, -0.2) is 0 Å². The molecular formula is C12H25NO11. The third-order valence-corrected chi connectivity index (χ3v) is 3.98. The van der Waals surface area contributed by atoms with Crippen molar-refractivity contribution < 1.29 is 55.1 Å². The molecule has 2 aliphatic heterocycles. The van der Waals surface area contributed by atoms with Crippen molar-refractivity contribution in [2.45, 2.75) is 61.4 Å². The molecule has 0 aromatic carbocycles. The summed E-state index contributed by atoms with van der Waals surface area (Å²) in [5.74, 6) is 0. The number of aliphatic hydroxyl groups is 8. The maximum absolute atomic E-state index is 9.94. The van der Waals surface area contributed by atoms with Crippen molar-refractivity contribution in [2.24, 2.45) is 0 Å². The third-order valence-electron chi connectivity index (χ3n) is 3.98. The molecule has 144 valence electrons. The fraction of sp³-hybridized carbons (Fsp3) is 1.00. The van der Waals surface area contributed by atoms with Crippen LogP contribution in [-0.4, -0.2) is 115 Å². The third kappa shape index (κ3) is 4.01. The van der Waals surface area contributed by atoms with Gasteiger partial charge in [0, 0.05) is 0 Å². The van der Waals surface area contributed by atoms with Gasteiger partial charge >= 0.3 is 0 Å². The van der Waals surface area contributed by atoms with E-state index >= 15 is 0 Å². The van der Waals surface area contributed by atoms with Crippen LogP contribution in [0.2, 0.25) is 0 Å². The molecule has 0 radical (unpaired) electrons. The highest BCUT2D eigenvalue weighted by Gasteiger charge is 2.50. The van der Waals surface area contributed by atoms with Crippen LogP contribution in [0.5, 0.6) is 0 Å². The lowest BCUT2D eigenvalue weighted by Gasteiger charge is -2.45. The Balaban J connectivity index is 0.00000288. The Morgan fingerprint density at radius 2 is 1.25 bits per heavy atom. The van der Waals surface area contributed by atoms with Crippen molar-refractivity contribution in [3.05, 3.63) is 0 Å². The van der Waals surface area contributed by atoms with Gasteiger partial charge in [-0.1, -0.05) is 0 Å². The standard InChI is InChI=1S/C12H22O11.H3N/c13-1-3-5(15)6(16)9(19)12(22-3)23-10-4(2-14)21-11(20)8(18)7(10)17;/h3-20H,1-2H2;1H3. The van der Waals surface area contributed by atoms with E-state index < -0.39 is 74.6 Å². The maximum atomic E-state index is 9.94. The molecule has 2 rings (SSSR count). The second kappa shape index (κ2) is 8.75. The first-order chi connectivity index (χ1) is 10.8. The number of ether oxygens (including phenoxy) is 3. The van der Waals surface area contributed by atoms with Gasteiger partial charge in [-0.3, -0.25) is 0 Å². The molecule has 0 bridgehead atoms. The molecule has 11 N–H and O–H groups in total. The van der Waals surface area contributed by atoms with E-state index in [2.05, 4.69) is 0 Å². The average molecular weight is 359 g/mol. The van der Waals surface area contributed by atoms with E-state index in [9.17, 15) is 35.7 Å². The van der Waals surface area contributed by atoms with E-state index in [4.69, 9.17) is 19.3 Å². The molecule has 2 saturated heterocycles. The van der Waals surface area contributed by atoms with Crippen LogP contribution in [0.25, 0.3) is 0 Å². The minimum atomic E-state index is -1.74. The topological polar surface area (TPSA) is 225 Å². The quantitative estimate of drug-likeness (QED) is 0.229. The van der Waals surface area contributed by atoms with E-state index in [-0.39, 0.29) is 6.15 Å². The fourth-order valence-electron chi connectivity index (χ4n) is 2.57. The maximum Gasteiger partial charge on any atom is 0.187 e. The highest BCUT2D eigenvalue weighted by molar-refractivity contribution is 4.93. The average Bonchev–Trinajstić information content (AvgIpc) is 2.55. The largest absolute Gasteiger partial charge is 0.394 e. The van der Waals surface area contributed by atoms with Gasteiger partial charge < -0.3 is 61.2 Å². The van der Waals surface area contributed by atoms with E-state index in [1.165, 1.54) is 0 Å². The molecule has 2 aliphatic rings. The summed E-state index contributed by atoms with van der Waals surface area (Å²) in [6.45, 7) is -1.35. The Morgan fingerprint density at radius 3 is 1.79 bits per heavy atom. The summed E-state index contributed by atoms with van der Waals surface area (Å²) < 4.78 is 15.3. The number of hydrogen-bond acceptors (Lipinski definition) is 12. The van der Waals surface area contributed by atoms with Crippen molar-refractivity contribution >= 4 is 0 Å². The molecule has 12 nitrogen and oxygen atoms in total. The van der Waals surface area contributed by atoms with Gasteiger partial charge in [0.25, 0.3) is 0 Å². The molecule has 0 aromatic heterocycles. The first kappa shape index (κ1) is 21.6. The van der Waals surface area contributed by atoms with E-state index in [1.807, 2.05) is 0 Å². The highest BCUT2D eigenvalue weighted by atomic mass is 16.7. The number of aliphatic hydroxyl groups excluding tert-OH is 8. The molecule has 2 heterocycles. The van der Waals surface area contributed by atoms with E-state index in [1.54, 1.807) is 0 Å². The highest BCUT2D eigenvalue weighted by Crippen LogP contribution is 2.28. The van der Waals surface area contributed by atoms with Gasteiger partial charge in [0.05, 0.1) is 13.2 Å². The molecule has 12 heteroatoms. The minimum absolute atomic E-state index is 0. The smallest absolute Gasteiger partial charge is 0.187 e.